The number of nitro groups is 1. The first kappa shape index (κ1) is 16.1. The molecule has 0 bridgehead atoms. The van der Waals surface area contributed by atoms with E-state index >= 15 is 0 Å². The van der Waals surface area contributed by atoms with Gasteiger partial charge in [-0.3, -0.25) is 10.1 Å². The van der Waals surface area contributed by atoms with Crippen LogP contribution in [0.15, 0.2) is 54.6 Å². The Morgan fingerprint density at radius 1 is 1.12 bits per heavy atom. The second kappa shape index (κ2) is 6.77. The first-order valence-electron chi connectivity index (χ1n) is 7.13. The Balaban J connectivity index is 2.09. The molecule has 122 valence electrons. The van der Waals surface area contributed by atoms with Crippen molar-refractivity contribution in [2.45, 2.75) is 5.88 Å². The Labute approximate surface area is 140 Å². The van der Waals surface area contributed by atoms with Crippen molar-refractivity contribution >= 4 is 39.8 Å². The van der Waals surface area contributed by atoms with Gasteiger partial charge in [0.15, 0.2) is 11.1 Å². The molecule has 1 unspecified atom stereocenters. The molecule has 6 nitrogen and oxygen atoms in total. The fourth-order valence-electron chi connectivity index (χ4n) is 2.53. The van der Waals surface area contributed by atoms with Crippen LogP contribution in [0.25, 0.3) is 23.1 Å². The van der Waals surface area contributed by atoms with Crippen LogP contribution in [-0.4, -0.2) is 18.3 Å². The molecule has 0 amide bonds. The lowest BCUT2D eigenvalue weighted by atomic mass is 10.2. The minimum absolute atomic E-state index is 0.0108. The number of nitro benzene ring substituents is 1. The molecule has 1 heterocycles. The maximum absolute atomic E-state index is 11.3. The van der Waals surface area contributed by atoms with Gasteiger partial charge in [-0.1, -0.05) is 36.4 Å². The topological polar surface area (TPSA) is 85.4 Å². The SMILES string of the molecule is O=[N+]([O-])c1ccc2c(c1)cc(C=Cc1ccccc1)n2CS(=O)O. The highest BCUT2D eigenvalue weighted by Crippen LogP contribution is 2.26. The van der Waals surface area contributed by atoms with Crippen LogP contribution in [0.2, 0.25) is 0 Å². The average Bonchev–Trinajstić information content (AvgIpc) is 2.90. The summed E-state index contributed by atoms with van der Waals surface area (Å²) in [7, 11) is 0. The van der Waals surface area contributed by atoms with E-state index in [9.17, 15) is 18.9 Å². The third-order valence-electron chi connectivity index (χ3n) is 3.61. The van der Waals surface area contributed by atoms with Crippen molar-refractivity contribution in [1.29, 1.82) is 0 Å². The first-order chi connectivity index (χ1) is 11.5. The Morgan fingerprint density at radius 3 is 2.54 bits per heavy atom. The number of benzene rings is 2. The largest absolute Gasteiger partial charge is 0.326 e. The van der Waals surface area contributed by atoms with Gasteiger partial charge in [0.2, 0.25) is 0 Å². The molecule has 3 aromatic rings. The Bertz CT molecular complexity index is 948. The summed E-state index contributed by atoms with van der Waals surface area (Å²) in [6.45, 7) is 0. The summed E-state index contributed by atoms with van der Waals surface area (Å²) in [5.74, 6) is -0.101. The second-order valence-electron chi connectivity index (χ2n) is 5.19. The van der Waals surface area contributed by atoms with Gasteiger partial charge in [0, 0.05) is 28.7 Å². The van der Waals surface area contributed by atoms with Crippen molar-refractivity contribution < 1.29 is 13.7 Å². The fraction of sp³-hybridized carbons (Fsp3) is 0.0588. The van der Waals surface area contributed by atoms with E-state index in [0.717, 1.165) is 5.56 Å². The molecular weight excluding hydrogens is 328 g/mol. The fourth-order valence-corrected chi connectivity index (χ4v) is 3.04. The van der Waals surface area contributed by atoms with Crippen LogP contribution in [0.3, 0.4) is 0 Å². The molecule has 0 aliphatic rings. The molecular formula is C17H14N2O4S. The summed E-state index contributed by atoms with van der Waals surface area (Å²) in [6.07, 6.45) is 3.72. The van der Waals surface area contributed by atoms with Gasteiger partial charge in [-0.15, -0.1) is 0 Å². The van der Waals surface area contributed by atoms with Gasteiger partial charge in [0.1, 0.15) is 5.88 Å². The summed E-state index contributed by atoms with van der Waals surface area (Å²) >= 11 is -2.03. The van der Waals surface area contributed by atoms with Crippen LogP contribution < -0.4 is 0 Å². The number of fused-ring (bicyclic) bond motifs is 1. The summed E-state index contributed by atoms with van der Waals surface area (Å²) in [6, 6.07) is 15.9. The lowest BCUT2D eigenvalue weighted by Gasteiger charge is -2.05. The highest BCUT2D eigenvalue weighted by molar-refractivity contribution is 7.78. The van der Waals surface area contributed by atoms with Crippen molar-refractivity contribution in [1.82, 2.24) is 4.57 Å². The molecule has 0 aliphatic carbocycles. The summed E-state index contributed by atoms with van der Waals surface area (Å²) < 4.78 is 22.2. The van der Waals surface area contributed by atoms with Gasteiger partial charge < -0.3 is 9.12 Å². The van der Waals surface area contributed by atoms with Crippen molar-refractivity contribution in [3.05, 3.63) is 76.0 Å². The summed E-state index contributed by atoms with van der Waals surface area (Å²) in [4.78, 5) is 10.5. The molecule has 1 aromatic heterocycles. The molecule has 3 rings (SSSR count). The number of hydrogen-bond acceptors (Lipinski definition) is 3. The lowest BCUT2D eigenvalue weighted by molar-refractivity contribution is -0.384. The molecule has 0 radical (unpaired) electrons. The molecule has 0 saturated heterocycles. The molecule has 0 spiro atoms. The zero-order valence-electron chi connectivity index (χ0n) is 12.5. The van der Waals surface area contributed by atoms with Crippen LogP contribution >= 0.6 is 0 Å². The van der Waals surface area contributed by atoms with E-state index in [2.05, 4.69) is 0 Å². The highest BCUT2D eigenvalue weighted by atomic mass is 32.2. The zero-order valence-corrected chi connectivity index (χ0v) is 13.3. The van der Waals surface area contributed by atoms with E-state index in [4.69, 9.17) is 0 Å². The van der Waals surface area contributed by atoms with Crippen LogP contribution in [0.4, 0.5) is 5.69 Å². The molecule has 0 saturated carbocycles. The summed E-state index contributed by atoms with van der Waals surface area (Å²) in [5, 5.41) is 11.6. The zero-order chi connectivity index (χ0) is 17.1. The van der Waals surface area contributed by atoms with Crippen LogP contribution in [-0.2, 0) is 17.0 Å². The number of non-ortho nitro benzene ring substituents is 1. The van der Waals surface area contributed by atoms with Crippen molar-refractivity contribution in [2.24, 2.45) is 0 Å². The van der Waals surface area contributed by atoms with Crippen LogP contribution in [0.5, 0.6) is 0 Å². The third-order valence-corrected chi connectivity index (χ3v) is 4.09. The highest BCUT2D eigenvalue weighted by Gasteiger charge is 2.13. The third kappa shape index (κ3) is 3.42. The van der Waals surface area contributed by atoms with E-state index in [1.54, 1.807) is 16.7 Å². The van der Waals surface area contributed by atoms with Crippen LogP contribution in [0.1, 0.15) is 11.3 Å². The van der Waals surface area contributed by atoms with Crippen molar-refractivity contribution in [3.8, 4) is 0 Å². The lowest BCUT2D eigenvalue weighted by Crippen LogP contribution is -2.04. The van der Waals surface area contributed by atoms with Crippen LogP contribution in [0, 0.1) is 10.1 Å². The Hall–Kier alpha value is -2.77. The molecule has 2 aromatic carbocycles. The number of aromatic nitrogens is 1. The maximum atomic E-state index is 11.3. The average molecular weight is 342 g/mol. The predicted molar refractivity (Wildman–Crippen MR) is 94.7 cm³/mol. The number of nitrogens with zero attached hydrogens (tertiary/aromatic N) is 2. The molecule has 0 aliphatic heterocycles. The smallest absolute Gasteiger partial charge is 0.270 e. The van der Waals surface area contributed by atoms with Crippen molar-refractivity contribution in [2.75, 3.05) is 0 Å². The molecule has 0 fully saturated rings. The minimum Gasteiger partial charge on any atom is -0.326 e. The van der Waals surface area contributed by atoms with E-state index in [0.29, 0.717) is 16.6 Å². The molecule has 24 heavy (non-hydrogen) atoms. The van der Waals surface area contributed by atoms with Gasteiger partial charge in [-0.2, -0.15) is 0 Å². The monoisotopic (exact) mass is 342 g/mol. The predicted octanol–water partition coefficient (Wildman–Crippen LogP) is 3.90. The number of rotatable bonds is 5. The second-order valence-corrected chi connectivity index (χ2v) is 6.09. The summed E-state index contributed by atoms with van der Waals surface area (Å²) in [5.41, 5.74) is 2.36. The Morgan fingerprint density at radius 2 is 1.88 bits per heavy atom. The normalized spacial score (nSPS) is 12.7. The van der Waals surface area contributed by atoms with Gasteiger partial charge in [-0.25, -0.2) is 4.21 Å². The standard InChI is InChI=1S/C17H14N2O4S/c20-19(21)16-8-9-17-14(11-16)10-15(18(17)12-24(22)23)7-6-13-4-2-1-3-5-13/h1-11H,12H2,(H,22,23). The van der Waals surface area contributed by atoms with Crippen molar-refractivity contribution in [3.63, 3.8) is 0 Å². The quantitative estimate of drug-likeness (QED) is 0.433. The Kier molecular flexibility index (Phi) is 4.54. The van der Waals surface area contributed by atoms with Gasteiger partial charge in [-0.05, 0) is 23.8 Å². The molecule has 7 heteroatoms. The first-order valence-corrected chi connectivity index (χ1v) is 8.40. The molecule has 1 atom stereocenters. The van der Waals surface area contributed by atoms with Gasteiger partial charge in [0.05, 0.1) is 4.92 Å². The van der Waals surface area contributed by atoms with E-state index in [1.165, 1.54) is 12.1 Å². The van der Waals surface area contributed by atoms with E-state index in [1.807, 2.05) is 42.5 Å². The van der Waals surface area contributed by atoms with E-state index in [-0.39, 0.29) is 11.6 Å². The molecule has 1 N–H and O–H groups in total. The maximum Gasteiger partial charge on any atom is 0.270 e. The van der Waals surface area contributed by atoms with Gasteiger partial charge in [0.25, 0.3) is 5.69 Å². The number of hydrogen-bond donors (Lipinski definition) is 1. The minimum atomic E-state index is -2.03. The van der Waals surface area contributed by atoms with E-state index < -0.39 is 16.0 Å². The van der Waals surface area contributed by atoms with Gasteiger partial charge >= 0.3 is 0 Å².